The molecule has 41 heavy (non-hydrogen) atoms. The molecule has 2 aliphatic heterocycles. The second kappa shape index (κ2) is 14.3. The lowest BCUT2D eigenvalue weighted by molar-refractivity contribution is -0.302. The lowest BCUT2D eigenvalue weighted by atomic mass is 9.73. The molecule has 2 heterocycles. The van der Waals surface area contributed by atoms with Gasteiger partial charge in [0.2, 0.25) is 0 Å². The van der Waals surface area contributed by atoms with E-state index in [0.29, 0.717) is 6.42 Å². The van der Waals surface area contributed by atoms with Crippen LogP contribution in [0.25, 0.3) is 0 Å². The zero-order valence-corrected chi connectivity index (χ0v) is 26.9. The van der Waals surface area contributed by atoms with Crippen molar-refractivity contribution < 1.29 is 49.3 Å². The van der Waals surface area contributed by atoms with E-state index in [9.17, 15) is 30.3 Å². The number of rotatable bonds is 5. The average Bonchev–Trinajstić information content (AvgIpc) is 2.92. The Labute approximate surface area is 246 Å². The molecule has 2 rings (SSSR count). The number of hydrogen-bond acceptors (Lipinski definition) is 11. The van der Waals surface area contributed by atoms with Gasteiger partial charge in [0.05, 0.1) is 42.0 Å². The van der Waals surface area contributed by atoms with E-state index < -0.39 is 83.8 Å². The van der Waals surface area contributed by atoms with Gasteiger partial charge in [-0.2, -0.15) is 0 Å². The van der Waals surface area contributed by atoms with Gasteiger partial charge in [0.25, 0.3) is 0 Å². The Morgan fingerprint density at radius 1 is 0.976 bits per heavy atom. The summed E-state index contributed by atoms with van der Waals surface area (Å²) in [6, 6.07) is -0.230. The third kappa shape index (κ3) is 7.80. The largest absolute Gasteiger partial charge is 0.459 e. The first-order chi connectivity index (χ1) is 18.8. The minimum atomic E-state index is -1.85. The van der Waals surface area contributed by atoms with Gasteiger partial charge in [-0.15, -0.1) is 0 Å². The van der Waals surface area contributed by atoms with Crippen molar-refractivity contribution in [1.29, 1.82) is 0 Å². The summed E-state index contributed by atoms with van der Waals surface area (Å²) in [5.41, 5.74) is -2.99. The van der Waals surface area contributed by atoms with E-state index >= 15 is 0 Å². The number of aliphatic hydroxyl groups excluding tert-OH is 4. The van der Waals surface area contributed by atoms with Crippen LogP contribution in [-0.4, -0.2) is 124 Å². The van der Waals surface area contributed by atoms with Crippen molar-refractivity contribution in [3.63, 3.8) is 0 Å². The quantitative estimate of drug-likeness (QED) is 0.294. The number of nitrogens with zero attached hydrogens (tertiary/aromatic N) is 1. The van der Waals surface area contributed by atoms with Crippen LogP contribution in [0, 0.1) is 23.7 Å². The van der Waals surface area contributed by atoms with Crippen LogP contribution in [0.2, 0.25) is 0 Å². The first-order valence-electron chi connectivity index (χ1n) is 15.0. The van der Waals surface area contributed by atoms with Crippen LogP contribution in [0.5, 0.6) is 0 Å². The minimum Gasteiger partial charge on any atom is -0.459 e. The number of methoxy groups -OCH3 is 1. The molecule has 11 nitrogen and oxygen atoms in total. The molecule has 5 N–H and O–H groups in total. The first kappa shape index (κ1) is 36.3. The number of hydrogen-bond donors (Lipinski definition) is 5. The highest BCUT2D eigenvalue weighted by atomic mass is 16.7. The van der Waals surface area contributed by atoms with Gasteiger partial charge in [-0.1, -0.05) is 27.7 Å². The van der Waals surface area contributed by atoms with Crippen LogP contribution in [0.15, 0.2) is 0 Å². The van der Waals surface area contributed by atoms with Gasteiger partial charge in [0.15, 0.2) is 6.29 Å². The maximum atomic E-state index is 13.3. The average molecular weight is 592 g/mol. The number of likely N-dealkylation sites (N-methyl/N-ethyl adjacent to an activating group) is 1. The molecule has 2 fully saturated rings. The molecule has 15 atom stereocenters. The molecular formula is C30H57NO10. The second-order valence-corrected chi connectivity index (χ2v) is 13.3. The Balaban J connectivity index is 2.60. The molecule has 2 saturated heterocycles. The predicted octanol–water partition coefficient (Wildman–Crippen LogP) is 1.31. The van der Waals surface area contributed by atoms with Crippen molar-refractivity contribution in [2.45, 2.75) is 141 Å². The number of carbonyl (C=O) groups excluding carboxylic acids is 1. The molecule has 0 aromatic heterocycles. The Kier molecular flexibility index (Phi) is 12.6. The summed E-state index contributed by atoms with van der Waals surface area (Å²) in [7, 11) is 5.26. The van der Waals surface area contributed by atoms with Gasteiger partial charge < -0.3 is 49.4 Å². The molecule has 0 bridgehead atoms. The van der Waals surface area contributed by atoms with E-state index in [4.69, 9.17) is 18.9 Å². The molecule has 0 spiro atoms. The summed E-state index contributed by atoms with van der Waals surface area (Å²) in [5, 5.41) is 56.5. The summed E-state index contributed by atoms with van der Waals surface area (Å²) >= 11 is 0. The Hall–Kier alpha value is -0.890. The first-order valence-corrected chi connectivity index (χ1v) is 15.0. The fraction of sp³-hybridized carbons (Fsp3) is 0.967. The highest BCUT2D eigenvalue weighted by Gasteiger charge is 2.51. The van der Waals surface area contributed by atoms with Crippen molar-refractivity contribution in [2.24, 2.45) is 23.7 Å². The van der Waals surface area contributed by atoms with Crippen molar-refractivity contribution in [3.8, 4) is 0 Å². The smallest absolute Gasteiger partial charge is 0.311 e. The van der Waals surface area contributed by atoms with E-state index in [0.717, 1.165) is 0 Å². The summed E-state index contributed by atoms with van der Waals surface area (Å²) in [6.45, 7) is 13.6. The van der Waals surface area contributed by atoms with Crippen LogP contribution in [0.1, 0.15) is 74.7 Å². The fourth-order valence-electron chi connectivity index (χ4n) is 6.76. The Morgan fingerprint density at radius 2 is 1.56 bits per heavy atom. The Bertz CT molecular complexity index is 842. The van der Waals surface area contributed by atoms with Crippen LogP contribution >= 0.6 is 0 Å². The molecule has 0 radical (unpaired) electrons. The molecule has 0 aromatic carbocycles. The molecule has 2 aliphatic rings. The summed E-state index contributed by atoms with van der Waals surface area (Å²) < 4.78 is 24.3. The molecular weight excluding hydrogens is 534 g/mol. The Morgan fingerprint density at radius 3 is 2.07 bits per heavy atom. The normalized spacial score (nSPS) is 49.4. The van der Waals surface area contributed by atoms with Gasteiger partial charge in [-0.3, -0.25) is 4.79 Å². The summed E-state index contributed by atoms with van der Waals surface area (Å²) in [4.78, 5) is 15.2. The number of aliphatic hydroxyl groups is 5. The zero-order valence-electron chi connectivity index (χ0n) is 26.9. The topological polar surface area (TPSA) is 158 Å². The maximum absolute atomic E-state index is 13.3. The molecule has 0 saturated carbocycles. The maximum Gasteiger partial charge on any atom is 0.311 e. The molecule has 242 valence electrons. The molecule has 1 unspecified atom stereocenters. The summed E-state index contributed by atoms with van der Waals surface area (Å²) in [6.07, 6.45) is -6.92. The minimum absolute atomic E-state index is 0.209. The lowest BCUT2D eigenvalue weighted by Crippen LogP contribution is -2.60. The second-order valence-electron chi connectivity index (χ2n) is 13.3. The van der Waals surface area contributed by atoms with Gasteiger partial charge in [0, 0.05) is 25.0 Å². The van der Waals surface area contributed by atoms with E-state index in [1.165, 1.54) is 14.0 Å². The standard InChI is InChI=1S/C30H57NO10/c1-12-21-30(8,37)25(35)17(4)22(32)15(2)14-29(7,38-11)26(18(5)23(33)19(6)27(36)40-21)41-28-24(34)20(31(9)10)13-16(3)39-28/h15-26,28,32-35,37H,12-14H2,1-11H3/t15-,16-,17+,18+,19-,20+,21-,22+,23+,24-,25-,26-,28+,29?,30-/m1/s1. The van der Waals surface area contributed by atoms with Crippen LogP contribution in [0.4, 0.5) is 0 Å². The zero-order chi connectivity index (χ0) is 31.6. The monoisotopic (exact) mass is 591 g/mol. The van der Waals surface area contributed by atoms with Crippen LogP contribution in [0.3, 0.4) is 0 Å². The number of carbonyl (C=O) groups is 1. The van der Waals surface area contributed by atoms with E-state index in [1.54, 1.807) is 34.6 Å². The molecule has 0 aliphatic carbocycles. The summed E-state index contributed by atoms with van der Waals surface area (Å²) in [5.74, 6) is -3.72. The van der Waals surface area contributed by atoms with Gasteiger partial charge in [-0.25, -0.2) is 0 Å². The van der Waals surface area contributed by atoms with Crippen molar-refractivity contribution >= 4 is 5.97 Å². The third-order valence-corrected chi connectivity index (χ3v) is 9.75. The van der Waals surface area contributed by atoms with Crippen LogP contribution in [-0.2, 0) is 23.7 Å². The molecule has 0 aromatic rings. The number of ether oxygens (including phenoxy) is 4. The predicted molar refractivity (Wildman–Crippen MR) is 153 cm³/mol. The highest BCUT2D eigenvalue weighted by Crippen LogP contribution is 2.40. The fourth-order valence-corrected chi connectivity index (χ4v) is 6.76. The van der Waals surface area contributed by atoms with E-state index in [1.807, 2.05) is 32.8 Å². The molecule has 11 heteroatoms. The van der Waals surface area contributed by atoms with Crippen molar-refractivity contribution in [3.05, 3.63) is 0 Å². The van der Waals surface area contributed by atoms with Gasteiger partial charge in [-0.05, 0) is 67.0 Å². The molecule has 0 amide bonds. The van der Waals surface area contributed by atoms with Crippen molar-refractivity contribution in [2.75, 3.05) is 21.2 Å². The number of cyclic esters (lactones) is 1. The van der Waals surface area contributed by atoms with E-state index in [2.05, 4.69) is 0 Å². The van der Waals surface area contributed by atoms with Gasteiger partial charge >= 0.3 is 5.97 Å². The number of esters is 1. The lowest BCUT2D eigenvalue weighted by Gasteiger charge is -2.48. The highest BCUT2D eigenvalue weighted by molar-refractivity contribution is 5.73. The SMILES string of the molecule is CC[C@H]1OC(=O)[C@H](C)[C@@H](O)[C@H](C)[C@@H](O[C@@H]2O[C@H](C)C[C@H](N(C)C)[C@H]2O)C(C)(OC)C[C@@H](C)[C@H](O)[C@H](C)[C@@H](O)[C@]1(C)O. The van der Waals surface area contributed by atoms with Crippen LogP contribution < -0.4 is 0 Å². The third-order valence-electron chi connectivity index (χ3n) is 9.75. The van der Waals surface area contributed by atoms with Crippen molar-refractivity contribution in [1.82, 2.24) is 4.90 Å². The van der Waals surface area contributed by atoms with E-state index in [-0.39, 0.29) is 25.0 Å². The van der Waals surface area contributed by atoms with Gasteiger partial charge in [0.1, 0.15) is 17.8 Å².